The number of ether oxygens (including phenoxy) is 6. The average molecular weight is 1070 g/mol. The van der Waals surface area contributed by atoms with E-state index < -0.39 is 35.6 Å². The third-order valence-corrected chi connectivity index (χ3v) is 18.7. The first-order valence-electron chi connectivity index (χ1n) is 28.9. The molecule has 78 heavy (non-hydrogen) atoms. The molecule has 14 rings (SSSR count). The first-order chi connectivity index (χ1) is 37.5. The first-order valence-corrected chi connectivity index (χ1v) is 28.9. The number of anilines is 1. The Balaban J connectivity index is 0.955. The van der Waals surface area contributed by atoms with Crippen LogP contribution < -0.4 is 15.6 Å². The van der Waals surface area contributed by atoms with Gasteiger partial charge in [0.1, 0.15) is 36.2 Å². The molecule has 19 heteroatoms. The maximum atomic E-state index is 15.4. The molecule has 8 aliphatic heterocycles. The molecule has 2 saturated carbocycles. The van der Waals surface area contributed by atoms with Gasteiger partial charge in [-0.15, -0.1) is 0 Å². The first kappa shape index (κ1) is 52.4. The Labute approximate surface area is 457 Å². The van der Waals surface area contributed by atoms with Gasteiger partial charge in [0.2, 0.25) is 11.8 Å². The highest BCUT2D eigenvalue weighted by atomic mass is 16.5. The third kappa shape index (κ3) is 9.74. The molecule has 0 radical (unpaired) electrons. The maximum Gasteiger partial charge on any atom is 0.325 e. The number of fused-ring (bicyclic) bond motifs is 4. The topological polar surface area (TPSA) is 187 Å². The summed E-state index contributed by atoms with van der Waals surface area (Å²) >= 11 is 0. The number of amides is 2. The van der Waals surface area contributed by atoms with Gasteiger partial charge in [0.05, 0.1) is 74.1 Å². The van der Waals surface area contributed by atoms with Crippen LogP contribution in [0.15, 0.2) is 41.1 Å². The summed E-state index contributed by atoms with van der Waals surface area (Å²) in [7, 11) is 1.74. The van der Waals surface area contributed by atoms with Gasteiger partial charge in [-0.3, -0.25) is 34.2 Å². The minimum Gasteiger partial charge on any atom is -0.464 e. The molecule has 2 amide bonds. The van der Waals surface area contributed by atoms with Gasteiger partial charge in [-0.05, 0) is 89.0 Å². The van der Waals surface area contributed by atoms with E-state index in [1.807, 2.05) is 13.1 Å². The molecule has 2 N–H and O–H groups in total. The van der Waals surface area contributed by atoms with Gasteiger partial charge in [0, 0.05) is 117 Å². The summed E-state index contributed by atoms with van der Waals surface area (Å²) < 4.78 is 45.9. The van der Waals surface area contributed by atoms with E-state index in [2.05, 4.69) is 88.9 Å². The van der Waals surface area contributed by atoms with Crippen LogP contribution in [0.25, 0.3) is 33.4 Å². The smallest absolute Gasteiger partial charge is 0.325 e. The Morgan fingerprint density at radius 3 is 2.47 bits per heavy atom. The second kappa shape index (κ2) is 20.2. The van der Waals surface area contributed by atoms with Crippen LogP contribution in [-0.2, 0) is 55.8 Å². The molecule has 7 saturated heterocycles. The van der Waals surface area contributed by atoms with E-state index in [1.165, 1.54) is 12.8 Å². The highest BCUT2D eigenvalue weighted by molar-refractivity contribution is 5.96. The number of nitrogens with zero attached hydrogens (tertiary/aromatic N) is 7. The highest BCUT2D eigenvalue weighted by Gasteiger charge is 2.57. The molecule has 1 aromatic carbocycles. The van der Waals surface area contributed by atoms with Gasteiger partial charge in [0.15, 0.2) is 0 Å². The third-order valence-electron chi connectivity index (χ3n) is 18.7. The van der Waals surface area contributed by atoms with E-state index in [1.54, 1.807) is 18.4 Å². The van der Waals surface area contributed by atoms with E-state index in [0.717, 1.165) is 83.7 Å². The molecule has 9 fully saturated rings. The van der Waals surface area contributed by atoms with Crippen molar-refractivity contribution in [1.29, 1.82) is 0 Å². The average Bonchev–Trinajstić information content (AvgIpc) is 4.24. The van der Waals surface area contributed by atoms with Crippen LogP contribution in [0, 0.1) is 22.7 Å². The molecule has 1 spiro atoms. The summed E-state index contributed by atoms with van der Waals surface area (Å²) in [4.78, 5) is 62.0. The lowest BCUT2D eigenvalue weighted by Crippen LogP contribution is -2.74. The number of benzene rings is 1. The van der Waals surface area contributed by atoms with E-state index in [-0.39, 0.29) is 59.5 Å². The largest absolute Gasteiger partial charge is 0.464 e. The Morgan fingerprint density at radius 2 is 1.78 bits per heavy atom. The number of esters is 1. The van der Waals surface area contributed by atoms with Crippen molar-refractivity contribution in [3.05, 3.63) is 53.9 Å². The van der Waals surface area contributed by atoms with Crippen molar-refractivity contribution in [3.8, 4) is 22.5 Å². The second-order valence-corrected chi connectivity index (χ2v) is 25.8. The molecule has 11 heterocycles. The predicted octanol–water partition coefficient (Wildman–Crippen LogP) is 5.84. The van der Waals surface area contributed by atoms with Crippen LogP contribution in [0.2, 0.25) is 0 Å². The highest BCUT2D eigenvalue weighted by Crippen LogP contribution is 2.47. The zero-order valence-electron chi connectivity index (χ0n) is 46.6. The summed E-state index contributed by atoms with van der Waals surface area (Å²) in [5.74, 6) is -0.839. The van der Waals surface area contributed by atoms with Gasteiger partial charge in [-0.25, -0.2) is 10.4 Å². The van der Waals surface area contributed by atoms with E-state index in [9.17, 15) is 9.59 Å². The van der Waals surface area contributed by atoms with Gasteiger partial charge in [0.25, 0.3) is 5.91 Å². The summed E-state index contributed by atoms with van der Waals surface area (Å²) in [6.07, 6.45) is 8.75. The predicted molar refractivity (Wildman–Crippen MR) is 289 cm³/mol. The Morgan fingerprint density at radius 1 is 0.987 bits per heavy atom. The number of likely N-dealkylation sites (tertiary alicyclic amines) is 1. The Kier molecular flexibility index (Phi) is 13.6. The van der Waals surface area contributed by atoms with Crippen molar-refractivity contribution in [1.82, 2.24) is 40.1 Å². The molecule has 420 valence electrons. The molecular formula is C59H79N9O10. The number of pyridine rings is 1. The Hall–Kier alpha value is -4.99. The van der Waals surface area contributed by atoms with E-state index in [4.69, 9.17) is 42.8 Å². The van der Waals surface area contributed by atoms with Crippen molar-refractivity contribution in [2.24, 2.45) is 22.7 Å². The summed E-state index contributed by atoms with van der Waals surface area (Å²) in [6.45, 7) is 21.3. The van der Waals surface area contributed by atoms with Crippen LogP contribution >= 0.6 is 0 Å². The van der Waals surface area contributed by atoms with Gasteiger partial charge in [-0.1, -0.05) is 26.8 Å². The normalized spacial score (nSPS) is 31.1. The number of hydrogen-bond acceptors (Lipinski definition) is 16. The number of aromatic nitrogens is 3. The molecule has 3 aromatic heterocycles. The molecule has 10 aliphatic rings. The minimum absolute atomic E-state index is 0.00782. The van der Waals surface area contributed by atoms with Crippen LogP contribution in [-0.4, -0.2) is 175 Å². The van der Waals surface area contributed by atoms with Crippen LogP contribution in [0.1, 0.15) is 109 Å². The maximum absolute atomic E-state index is 15.4. The molecular weight excluding hydrogens is 995 g/mol. The summed E-state index contributed by atoms with van der Waals surface area (Å²) in [6, 6.07) is 6.68. The number of cyclic esters (lactones) is 1. The fourth-order valence-corrected chi connectivity index (χ4v) is 13.9. The lowest BCUT2D eigenvalue weighted by Gasteiger charge is -2.58. The van der Waals surface area contributed by atoms with Crippen molar-refractivity contribution in [2.45, 2.75) is 147 Å². The molecule has 2 aliphatic carbocycles. The SMILES string of the molecule is CO[C@@H](C)c1ncc(N2CCN(C3CC3)CC2)cc1-c1c2c3cc(ccc3n1CCO[C@H]1CCOC(C)(C)C1)-c1coc(n1)[C@@H](N1CC3(COC3)C1)[C@H](NC(=O)[C@H]1OC[C@@H]1C)C(=O)N1N[C@H](C(=O)OCC(C)(C)C2)C2CC1C2. The molecule has 19 nitrogen and oxygen atoms in total. The lowest BCUT2D eigenvalue weighted by atomic mass is 9.72. The van der Waals surface area contributed by atoms with Crippen LogP contribution in [0.5, 0.6) is 0 Å². The number of methoxy groups -OCH3 is 1. The van der Waals surface area contributed by atoms with E-state index in [0.29, 0.717) is 89.6 Å². The standard InChI is InChI=1S/C59H79N9O10/c1-34-27-75-52(34)53(69)62-49-51(66-29-59(30-66)32-73-33-59)54-61-45(28-76-54)36-8-11-46-42(22-36)44(25-57(3,4)31-77-56(71)48-37-20-39(21-37)68(63-48)55(49)70)50(67(46)17-19-74-41-12-18-78-58(5,6)24-41)43-23-40(26-60-47(43)35(2)72-7)65-15-13-64(14-16-65)38-9-10-38/h8,11,22-23,26,28,34-35,37-39,41,48-49,51-52,63H,9-10,12-21,24-25,27,29-33H2,1-7H3,(H,62,69)/t34-,35-,37?,39?,41-,48-,49-,51-,52-/m0/s1. The van der Waals surface area contributed by atoms with Crippen molar-refractivity contribution < 1.29 is 47.2 Å². The van der Waals surface area contributed by atoms with Gasteiger partial charge < -0.3 is 47.6 Å². The number of nitrogens with one attached hydrogen (secondary N) is 2. The van der Waals surface area contributed by atoms with Gasteiger partial charge >= 0.3 is 5.97 Å². The van der Waals surface area contributed by atoms with Crippen LogP contribution in [0.3, 0.4) is 0 Å². The number of carbonyl (C=O) groups is 3. The molecule has 8 bridgehead atoms. The monoisotopic (exact) mass is 1070 g/mol. The van der Waals surface area contributed by atoms with Crippen molar-refractivity contribution >= 4 is 34.4 Å². The molecule has 0 unspecified atom stereocenters. The van der Waals surface area contributed by atoms with Crippen molar-refractivity contribution in [2.75, 3.05) is 90.9 Å². The van der Waals surface area contributed by atoms with E-state index >= 15 is 4.79 Å². The summed E-state index contributed by atoms with van der Waals surface area (Å²) in [5.41, 5.74) is 9.91. The van der Waals surface area contributed by atoms with Crippen molar-refractivity contribution in [3.63, 3.8) is 0 Å². The van der Waals surface area contributed by atoms with Crippen LogP contribution in [0.4, 0.5) is 5.69 Å². The van der Waals surface area contributed by atoms with Gasteiger partial charge in [-0.2, -0.15) is 0 Å². The zero-order valence-corrected chi connectivity index (χ0v) is 46.6. The fraction of sp³-hybridized carbons (Fsp3) is 0.678. The summed E-state index contributed by atoms with van der Waals surface area (Å²) in [5, 5.41) is 5.77. The Bertz CT molecular complexity index is 2930. The number of carbonyl (C=O) groups excluding carboxylic acids is 3. The minimum atomic E-state index is -1.13. The molecule has 7 atom stereocenters. The lowest BCUT2D eigenvalue weighted by molar-refractivity contribution is -0.206. The number of oxazole rings is 1. The number of hydrazine groups is 1. The quantitative estimate of drug-likeness (QED) is 0.161. The zero-order chi connectivity index (χ0) is 53.8. The second-order valence-electron chi connectivity index (χ2n) is 25.8. The fourth-order valence-electron chi connectivity index (χ4n) is 13.9. The molecule has 4 aromatic rings. The number of hydrogen-bond donors (Lipinski definition) is 2. The number of piperazine rings is 1. The number of rotatable bonds is 12.